The molecule has 1 rings (SSSR count). The summed E-state index contributed by atoms with van der Waals surface area (Å²) in [5.41, 5.74) is 5.19. The van der Waals surface area contributed by atoms with Crippen molar-refractivity contribution >= 4 is 5.97 Å². The van der Waals surface area contributed by atoms with Crippen LogP contribution in [0.1, 0.15) is 24.7 Å². The van der Waals surface area contributed by atoms with E-state index in [4.69, 9.17) is 4.74 Å². The zero-order valence-electron chi connectivity index (χ0n) is 10.6. The van der Waals surface area contributed by atoms with Crippen LogP contribution >= 0.6 is 0 Å². The smallest absolute Gasteiger partial charge is 0.308 e. The molecule has 1 aromatic rings. The highest BCUT2D eigenvalue weighted by atomic mass is 16.5. The zero-order chi connectivity index (χ0) is 12.8. The number of hydrogen-bond acceptors (Lipinski definition) is 4. The van der Waals surface area contributed by atoms with Crippen molar-refractivity contribution < 1.29 is 14.6 Å². The van der Waals surface area contributed by atoms with Gasteiger partial charge in [0.05, 0.1) is 25.7 Å². The van der Waals surface area contributed by atoms with Crippen molar-refractivity contribution in [3.8, 4) is 0 Å². The summed E-state index contributed by atoms with van der Waals surface area (Å²) in [6.45, 7) is 6.34. The van der Waals surface area contributed by atoms with E-state index in [2.05, 4.69) is 5.43 Å². The standard InChI is InChI=1S/C12H20N2O3/c1-4-17-12(16)7-11(15)8-13-14-9(2)5-6-10(14)3/h5-6,11,13,15H,4,7-8H2,1-3H3. The van der Waals surface area contributed by atoms with Crippen molar-refractivity contribution in [1.82, 2.24) is 4.68 Å². The molecule has 1 aromatic heterocycles. The van der Waals surface area contributed by atoms with E-state index in [1.165, 1.54) is 0 Å². The molecule has 1 atom stereocenters. The van der Waals surface area contributed by atoms with Gasteiger partial charge in [-0.05, 0) is 32.9 Å². The fourth-order valence-corrected chi connectivity index (χ4v) is 1.60. The van der Waals surface area contributed by atoms with Crippen LogP contribution in [-0.2, 0) is 9.53 Å². The van der Waals surface area contributed by atoms with Crippen LogP contribution in [0.2, 0.25) is 0 Å². The summed E-state index contributed by atoms with van der Waals surface area (Å²) >= 11 is 0. The second-order valence-corrected chi connectivity index (χ2v) is 3.98. The van der Waals surface area contributed by atoms with E-state index in [1.54, 1.807) is 6.92 Å². The normalized spacial score (nSPS) is 12.2. The van der Waals surface area contributed by atoms with Gasteiger partial charge in [0.2, 0.25) is 0 Å². The van der Waals surface area contributed by atoms with Crippen molar-refractivity contribution in [3.63, 3.8) is 0 Å². The molecule has 0 saturated carbocycles. The average molecular weight is 240 g/mol. The minimum atomic E-state index is -0.741. The first-order chi connectivity index (χ1) is 8.04. The molecule has 0 saturated heterocycles. The van der Waals surface area contributed by atoms with E-state index >= 15 is 0 Å². The predicted molar refractivity (Wildman–Crippen MR) is 65.4 cm³/mol. The molecule has 0 fully saturated rings. The molecule has 1 unspecified atom stereocenters. The molecule has 0 aromatic carbocycles. The molecular formula is C12H20N2O3. The topological polar surface area (TPSA) is 63.5 Å². The Morgan fingerprint density at radius 3 is 2.59 bits per heavy atom. The van der Waals surface area contributed by atoms with Crippen LogP contribution in [0.25, 0.3) is 0 Å². The Labute approximate surface area is 101 Å². The van der Waals surface area contributed by atoms with Crippen molar-refractivity contribution in [2.45, 2.75) is 33.3 Å². The highest BCUT2D eigenvalue weighted by Crippen LogP contribution is 2.04. The Kier molecular flexibility index (Phi) is 5.03. The Bertz CT molecular complexity index is 354. The van der Waals surface area contributed by atoms with Gasteiger partial charge >= 0.3 is 5.97 Å². The molecule has 2 N–H and O–H groups in total. The Balaban J connectivity index is 2.38. The monoisotopic (exact) mass is 240 g/mol. The number of aliphatic hydroxyl groups excluding tert-OH is 1. The second-order valence-electron chi connectivity index (χ2n) is 3.98. The Hall–Kier alpha value is -1.49. The lowest BCUT2D eigenvalue weighted by Crippen LogP contribution is -2.29. The summed E-state index contributed by atoms with van der Waals surface area (Å²) < 4.78 is 6.65. The molecule has 0 spiro atoms. The predicted octanol–water partition coefficient (Wildman–Crippen LogP) is 0.963. The minimum absolute atomic E-state index is 0.0141. The maximum absolute atomic E-state index is 11.1. The van der Waals surface area contributed by atoms with E-state index < -0.39 is 6.10 Å². The molecule has 96 valence electrons. The van der Waals surface area contributed by atoms with Gasteiger partial charge in [-0.15, -0.1) is 0 Å². The van der Waals surface area contributed by atoms with Gasteiger partial charge in [-0.3, -0.25) is 9.47 Å². The van der Waals surface area contributed by atoms with Crippen LogP contribution in [0.4, 0.5) is 0 Å². The molecule has 0 radical (unpaired) electrons. The van der Waals surface area contributed by atoms with Crippen LogP contribution in [0.3, 0.4) is 0 Å². The maximum Gasteiger partial charge on any atom is 0.308 e. The van der Waals surface area contributed by atoms with E-state index in [1.807, 2.05) is 30.7 Å². The number of carbonyl (C=O) groups excluding carboxylic acids is 1. The van der Waals surface area contributed by atoms with Gasteiger partial charge in [0.1, 0.15) is 0 Å². The molecule has 0 aliphatic rings. The quantitative estimate of drug-likeness (QED) is 0.727. The molecule has 0 bridgehead atoms. The van der Waals surface area contributed by atoms with Gasteiger partial charge in [-0.1, -0.05) is 0 Å². The number of aryl methyl sites for hydroxylation is 2. The van der Waals surface area contributed by atoms with Gasteiger partial charge in [0, 0.05) is 11.4 Å². The van der Waals surface area contributed by atoms with E-state index in [0.717, 1.165) is 11.4 Å². The lowest BCUT2D eigenvalue weighted by molar-refractivity contribution is -0.145. The van der Waals surface area contributed by atoms with Crippen LogP contribution < -0.4 is 5.43 Å². The maximum atomic E-state index is 11.1. The van der Waals surface area contributed by atoms with Crippen molar-refractivity contribution in [1.29, 1.82) is 0 Å². The Morgan fingerprint density at radius 2 is 2.06 bits per heavy atom. The number of aromatic nitrogens is 1. The summed E-state index contributed by atoms with van der Waals surface area (Å²) in [5, 5.41) is 9.65. The molecule has 1 heterocycles. The molecule has 5 nitrogen and oxygen atoms in total. The molecule has 5 heteroatoms. The number of ether oxygens (including phenoxy) is 1. The first-order valence-corrected chi connectivity index (χ1v) is 5.77. The molecule has 17 heavy (non-hydrogen) atoms. The van der Waals surface area contributed by atoms with Gasteiger partial charge in [-0.25, -0.2) is 0 Å². The fraction of sp³-hybridized carbons (Fsp3) is 0.583. The lowest BCUT2D eigenvalue weighted by Gasteiger charge is -2.15. The van der Waals surface area contributed by atoms with E-state index in [9.17, 15) is 9.90 Å². The van der Waals surface area contributed by atoms with Gasteiger partial charge < -0.3 is 15.3 Å². The third kappa shape index (κ3) is 4.11. The summed E-state index contributed by atoms with van der Waals surface area (Å²) in [4.78, 5) is 11.1. The molecule has 0 amide bonds. The number of aliphatic hydroxyl groups is 1. The van der Waals surface area contributed by atoms with E-state index in [0.29, 0.717) is 13.2 Å². The average Bonchev–Trinajstić information content (AvgIpc) is 2.56. The second kappa shape index (κ2) is 6.30. The van der Waals surface area contributed by atoms with Crippen LogP contribution in [0, 0.1) is 13.8 Å². The fourth-order valence-electron chi connectivity index (χ4n) is 1.60. The zero-order valence-corrected chi connectivity index (χ0v) is 10.6. The summed E-state index contributed by atoms with van der Waals surface area (Å²) in [5.74, 6) is -0.372. The number of hydrogen-bond donors (Lipinski definition) is 2. The first kappa shape index (κ1) is 13.6. The molecule has 0 aliphatic carbocycles. The van der Waals surface area contributed by atoms with Crippen LogP contribution in [-0.4, -0.2) is 35.0 Å². The molecular weight excluding hydrogens is 220 g/mol. The summed E-state index contributed by atoms with van der Waals surface area (Å²) in [7, 11) is 0. The third-order valence-electron chi connectivity index (χ3n) is 2.46. The van der Waals surface area contributed by atoms with Gasteiger partial charge in [0.25, 0.3) is 0 Å². The van der Waals surface area contributed by atoms with Crippen molar-refractivity contribution in [2.75, 3.05) is 18.6 Å². The third-order valence-corrected chi connectivity index (χ3v) is 2.46. The van der Waals surface area contributed by atoms with Crippen molar-refractivity contribution in [2.24, 2.45) is 0 Å². The largest absolute Gasteiger partial charge is 0.466 e. The van der Waals surface area contributed by atoms with Crippen LogP contribution in [0.15, 0.2) is 12.1 Å². The lowest BCUT2D eigenvalue weighted by atomic mass is 10.2. The molecule has 0 aliphatic heterocycles. The highest BCUT2D eigenvalue weighted by molar-refractivity contribution is 5.69. The summed E-state index contributed by atoms with van der Waals surface area (Å²) in [6, 6.07) is 3.97. The van der Waals surface area contributed by atoms with Gasteiger partial charge in [-0.2, -0.15) is 0 Å². The SMILES string of the molecule is CCOC(=O)CC(O)CNn1c(C)ccc1C. The van der Waals surface area contributed by atoms with Gasteiger partial charge in [0.15, 0.2) is 0 Å². The van der Waals surface area contributed by atoms with Crippen LogP contribution in [0.5, 0.6) is 0 Å². The number of carbonyl (C=O) groups is 1. The minimum Gasteiger partial charge on any atom is -0.466 e. The summed E-state index contributed by atoms with van der Waals surface area (Å²) in [6.07, 6.45) is -0.726. The highest BCUT2D eigenvalue weighted by Gasteiger charge is 2.11. The first-order valence-electron chi connectivity index (χ1n) is 5.77. The van der Waals surface area contributed by atoms with Crippen molar-refractivity contribution in [3.05, 3.63) is 23.5 Å². The number of nitrogens with one attached hydrogen (secondary N) is 1. The Morgan fingerprint density at radius 1 is 1.47 bits per heavy atom. The number of esters is 1. The number of nitrogens with zero attached hydrogens (tertiary/aromatic N) is 1. The van der Waals surface area contributed by atoms with E-state index in [-0.39, 0.29) is 12.4 Å². The number of rotatable bonds is 6.